The standard InChI is InChI=1S/C26H29N5O.H2/c1-29-13-8-14-30(16-15-29)23-19-27-18-22-24(32)17-25(28-20-9-4-2-5-10-20)31(26(22)23)21-11-6-3-7-12-21;/h3-4,6-7,9-12,17-19,28H,2,5,8,13-16H2,1H3;1H. The normalized spacial score (nSPS) is 17.3. The first kappa shape index (κ1) is 20.5. The molecular formula is C26H31N5O. The molecule has 1 N–H and O–H groups in total. The molecule has 2 aliphatic rings. The lowest BCUT2D eigenvalue weighted by atomic mass is 10.1. The van der Waals surface area contributed by atoms with Gasteiger partial charge in [-0.2, -0.15) is 0 Å². The highest BCUT2D eigenvalue weighted by Crippen LogP contribution is 2.31. The molecule has 0 atom stereocenters. The van der Waals surface area contributed by atoms with Gasteiger partial charge in [0.05, 0.1) is 22.8 Å². The second kappa shape index (κ2) is 9.01. The average Bonchev–Trinajstić information content (AvgIpc) is 3.04. The highest BCUT2D eigenvalue weighted by molar-refractivity contribution is 5.93. The number of rotatable bonds is 4. The molecule has 0 radical (unpaired) electrons. The maximum Gasteiger partial charge on any atom is 0.193 e. The van der Waals surface area contributed by atoms with Gasteiger partial charge in [-0.1, -0.05) is 30.4 Å². The van der Waals surface area contributed by atoms with Gasteiger partial charge in [0.15, 0.2) is 5.43 Å². The van der Waals surface area contributed by atoms with Crippen LogP contribution in [0.1, 0.15) is 20.7 Å². The van der Waals surface area contributed by atoms with Gasteiger partial charge in [-0.3, -0.25) is 14.3 Å². The molecule has 6 heteroatoms. The molecular weight excluding hydrogens is 398 g/mol. The Morgan fingerprint density at radius 3 is 2.72 bits per heavy atom. The van der Waals surface area contributed by atoms with Crippen molar-refractivity contribution in [3.63, 3.8) is 0 Å². The lowest BCUT2D eigenvalue weighted by Crippen LogP contribution is -2.30. The quantitative estimate of drug-likeness (QED) is 0.665. The monoisotopic (exact) mass is 429 g/mol. The Bertz CT molecular complexity index is 1230. The average molecular weight is 430 g/mol. The zero-order chi connectivity index (χ0) is 21.9. The van der Waals surface area contributed by atoms with Gasteiger partial charge in [0.2, 0.25) is 0 Å². The molecule has 2 aromatic heterocycles. The first-order valence-corrected chi connectivity index (χ1v) is 11.4. The van der Waals surface area contributed by atoms with E-state index in [-0.39, 0.29) is 6.86 Å². The summed E-state index contributed by atoms with van der Waals surface area (Å²) in [7, 11) is 2.16. The number of fused-ring (bicyclic) bond motifs is 1. The zero-order valence-corrected chi connectivity index (χ0v) is 18.5. The maximum absolute atomic E-state index is 13.2. The van der Waals surface area contributed by atoms with Crippen molar-refractivity contribution in [1.29, 1.82) is 0 Å². The van der Waals surface area contributed by atoms with Crippen LogP contribution in [0, 0.1) is 0 Å². The van der Waals surface area contributed by atoms with E-state index in [1.807, 2.05) is 24.4 Å². The fourth-order valence-electron chi connectivity index (χ4n) is 4.55. The van der Waals surface area contributed by atoms with Crippen molar-refractivity contribution in [2.75, 3.05) is 43.4 Å². The number of likely N-dealkylation sites (N-methyl/N-ethyl adjacent to an activating group) is 1. The number of para-hydroxylation sites is 1. The van der Waals surface area contributed by atoms with Crippen molar-refractivity contribution in [1.82, 2.24) is 14.5 Å². The molecule has 166 valence electrons. The summed E-state index contributed by atoms with van der Waals surface area (Å²) in [5, 5.41) is 4.16. The van der Waals surface area contributed by atoms with E-state index < -0.39 is 0 Å². The molecule has 0 unspecified atom stereocenters. The molecule has 1 aromatic carbocycles. The first-order valence-electron chi connectivity index (χ1n) is 11.4. The second-order valence-corrected chi connectivity index (χ2v) is 8.53. The van der Waals surface area contributed by atoms with Gasteiger partial charge in [-0.15, -0.1) is 0 Å². The van der Waals surface area contributed by atoms with E-state index >= 15 is 0 Å². The molecule has 0 amide bonds. The minimum atomic E-state index is -0.0173. The number of aromatic nitrogens is 2. The summed E-state index contributed by atoms with van der Waals surface area (Å²) in [5.41, 5.74) is 3.93. The third-order valence-electron chi connectivity index (χ3n) is 6.24. The molecule has 1 fully saturated rings. The van der Waals surface area contributed by atoms with Crippen LogP contribution >= 0.6 is 0 Å². The van der Waals surface area contributed by atoms with E-state index in [0.29, 0.717) is 5.39 Å². The Morgan fingerprint density at radius 2 is 1.91 bits per heavy atom. The largest absolute Gasteiger partial charge is 0.367 e. The number of hydrogen-bond donors (Lipinski definition) is 1. The Hall–Kier alpha value is -3.38. The van der Waals surface area contributed by atoms with E-state index in [1.165, 1.54) is 0 Å². The molecule has 3 aromatic rings. The van der Waals surface area contributed by atoms with Crippen LogP contribution in [0.2, 0.25) is 0 Å². The van der Waals surface area contributed by atoms with Crippen molar-refractivity contribution in [3.05, 3.63) is 82.9 Å². The molecule has 1 aliphatic carbocycles. The summed E-state index contributed by atoms with van der Waals surface area (Å²) in [6.07, 6.45) is 13.2. The number of benzene rings is 1. The highest BCUT2D eigenvalue weighted by Gasteiger charge is 2.20. The minimum Gasteiger partial charge on any atom is -0.367 e. The summed E-state index contributed by atoms with van der Waals surface area (Å²) in [6.45, 7) is 3.92. The molecule has 0 spiro atoms. The predicted molar refractivity (Wildman–Crippen MR) is 134 cm³/mol. The molecule has 1 saturated heterocycles. The number of allylic oxidation sites excluding steroid dienone is 3. The van der Waals surface area contributed by atoms with Crippen LogP contribution in [-0.2, 0) is 0 Å². The number of pyridine rings is 2. The van der Waals surface area contributed by atoms with Crippen molar-refractivity contribution in [2.45, 2.75) is 19.3 Å². The van der Waals surface area contributed by atoms with Gasteiger partial charge >= 0.3 is 0 Å². The van der Waals surface area contributed by atoms with Gasteiger partial charge in [-0.25, -0.2) is 0 Å². The number of nitrogens with zero attached hydrogens (tertiary/aromatic N) is 4. The highest BCUT2D eigenvalue weighted by atomic mass is 16.1. The van der Waals surface area contributed by atoms with Gasteiger partial charge in [0, 0.05) is 44.7 Å². The van der Waals surface area contributed by atoms with E-state index in [9.17, 15) is 4.79 Å². The Morgan fingerprint density at radius 1 is 1.03 bits per heavy atom. The van der Waals surface area contributed by atoms with Crippen LogP contribution < -0.4 is 15.6 Å². The van der Waals surface area contributed by atoms with Crippen LogP contribution in [0.25, 0.3) is 16.6 Å². The Kier molecular flexibility index (Phi) is 5.77. The van der Waals surface area contributed by atoms with Crippen molar-refractivity contribution < 1.29 is 1.43 Å². The summed E-state index contributed by atoms with van der Waals surface area (Å²) in [4.78, 5) is 22.4. The lowest BCUT2D eigenvalue weighted by molar-refractivity contribution is 0.360. The molecule has 0 bridgehead atoms. The van der Waals surface area contributed by atoms with Gasteiger partial charge in [-0.05, 0) is 51.1 Å². The molecule has 1 aliphatic heterocycles. The molecule has 32 heavy (non-hydrogen) atoms. The second-order valence-electron chi connectivity index (χ2n) is 8.53. The SMILES string of the molecule is CN1CCCN(c2cncc3c(=O)cc(NC4=CCCC=C4)n(-c4ccccc4)c23)CC1.[HH]. The molecule has 5 rings (SSSR count). The first-order chi connectivity index (χ1) is 15.7. The smallest absolute Gasteiger partial charge is 0.193 e. The molecule has 3 heterocycles. The number of anilines is 2. The van der Waals surface area contributed by atoms with E-state index in [2.05, 4.69) is 62.1 Å². The van der Waals surface area contributed by atoms with E-state index in [4.69, 9.17) is 0 Å². The summed E-state index contributed by atoms with van der Waals surface area (Å²) >= 11 is 0. The van der Waals surface area contributed by atoms with Gasteiger partial charge in [0.1, 0.15) is 5.82 Å². The topological polar surface area (TPSA) is 53.4 Å². The van der Waals surface area contributed by atoms with E-state index in [1.54, 1.807) is 12.3 Å². The third-order valence-corrected chi connectivity index (χ3v) is 6.24. The lowest BCUT2D eigenvalue weighted by Gasteiger charge is -2.27. The molecule has 0 saturated carbocycles. The van der Waals surface area contributed by atoms with Crippen LogP contribution in [0.5, 0.6) is 0 Å². The summed E-state index contributed by atoms with van der Waals surface area (Å²) in [5.74, 6) is 0.769. The van der Waals surface area contributed by atoms with E-state index in [0.717, 1.165) is 73.8 Å². The zero-order valence-electron chi connectivity index (χ0n) is 18.5. The molecule has 6 nitrogen and oxygen atoms in total. The van der Waals surface area contributed by atoms with Crippen LogP contribution in [0.15, 0.2) is 77.5 Å². The third kappa shape index (κ3) is 4.06. The number of hydrogen-bond acceptors (Lipinski definition) is 5. The van der Waals surface area contributed by atoms with Crippen LogP contribution in [0.3, 0.4) is 0 Å². The van der Waals surface area contributed by atoms with Crippen LogP contribution in [0.4, 0.5) is 11.5 Å². The summed E-state index contributed by atoms with van der Waals surface area (Å²) in [6, 6.07) is 11.9. The Labute approximate surface area is 190 Å². The minimum absolute atomic E-state index is 0. The van der Waals surface area contributed by atoms with Crippen molar-refractivity contribution in [2.24, 2.45) is 0 Å². The fraction of sp³-hybridized carbons (Fsp3) is 0.308. The van der Waals surface area contributed by atoms with Gasteiger partial charge < -0.3 is 15.1 Å². The maximum atomic E-state index is 13.2. The van der Waals surface area contributed by atoms with Crippen molar-refractivity contribution in [3.8, 4) is 5.69 Å². The number of nitrogens with one attached hydrogen (secondary N) is 1. The fourth-order valence-corrected chi connectivity index (χ4v) is 4.55. The predicted octanol–water partition coefficient (Wildman–Crippen LogP) is 4.42. The van der Waals surface area contributed by atoms with Crippen LogP contribution in [-0.4, -0.2) is 47.7 Å². The van der Waals surface area contributed by atoms with Gasteiger partial charge in [0.25, 0.3) is 0 Å². The summed E-state index contributed by atoms with van der Waals surface area (Å²) < 4.78 is 2.17. The Balaban J connectivity index is 0.00000259. The van der Waals surface area contributed by atoms with Crippen molar-refractivity contribution >= 4 is 22.4 Å².